The molecule has 1 aromatic carbocycles. The second-order valence-corrected chi connectivity index (χ2v) is 3.31. The SMILES string of the molecule is Cc1ccc(C(CCO)C(=O)O)cc1. The van der Waals surface area contributed by atoms with Gasteiger partial charge in [0.15, 0.2) is 0 Å². The molecule has 0 radical (unpaired) electrons. The first-order valence-corrected chi connectivity index (χ1v) is 4.55. The fourth-order valence-electron chi connectivity index (χ4n) is 1.36. The van der Waals surface area contributed by atoms with Crippen molar-refractivity contribution in [1.82, 2.24) is 0 Å². The first kappa shape index (κ1) is 10.7. The van der Waals surface area contributed by atoms with Gasteiger partial charge in [0.2, 0.25) is 0 Å². The number of aryl methyl sites for hydroxylation is 1. The molecule has 0 aliphatic rings. The number of hydrogen-bond donors (Lipinski definition) is 2. The molecule has 0 heterocycles. The van der Waals surface area contributed by atoms with Crippen LogP contribution in [-0.4, -0.2) is 22.8 Å². The van der Waals surface area contributed by atoms with Gasteiger partial charge in [-0.25, -0.2) is 0 Å². The Bertz CT molecular complexity index is 303. The Kier molecular flexibility index (Phi) is 3.65. The van der Waals surface area contributed by atoms with Crippen LogP contribution in [0.3, 0.4) is 0 Å². The first-order chi connectivity index (χ1) is 6.65. The van der Waals surface area contributed by atoms with Crippen LogP contribution in [0.25, 0.3) is 0 Å². The topological polar surface area (TPSA) is 57.5 Å². The Labute approximate surface area is 83.0 Å². The number of carboxylic acids is 1. The molecule has 0 aromatic heterocycles. The van der Waals surface area contributed by atoms with Crippen molar-refractivity contribution in [3.05, 3.63) is 35.4 Å². The largest absolute Gasteiger partial charge is 0.481 e. The summed E-state index contributed by atoms with van der Waals surface area (Å²) in [5.41, 5.74) is 1.85. The fourth-order valence-corrected chi connectivity index (χ4v) is 1.36. The van der Waals surface area contributed by atoms with Crippen LogP contribution in [0.5, 0.6) is 0 Å². The van der Waals surface area contributed by atoms with Crippen LogP contribution >= 0.6 is 0 Å². The van der Waals surface area contributed by atoms with Gasteiger partial charge in [-0.15, -0.1) is 0 Å². The molecule has 76 valence electrons. The Balaban J connectivity index is 2.87. The summed E-state index contributed by atoms with van der Waals surface area (Å²) in [5.74, 6) is -1.48. The molecule has 0 saturated heterocycles. The molecule has 1 rings (SSSR count). The van der Waals surface area contributed by atoms with E-state index in [9.17, 15) is 4.79 Å². The van der Waals surface area contributed by atoms with Gasteiger partial charge in [0.25, 0.3) is 0 Å². The number of rotatable bonds is 4. The van der Waals surface area contributed by atoms with E-state index < -0.39 is 11.9 Å². The minimum absolute atomic E-state index is 0.106. The van der Waals surface area contributed by atoms with Gasteiger partial charge in [0.05, 0.1) is 5.92 Å². The molecular weight excluding hydrogens is 180 g/mol. The molecule has 0 amide bonds. The number of aliphatic hydroxyl groups is 1. The van der Waals surface area contributed by atoms with Gasteiger partial charge in [-0.2, -0.15) is 0 Å². The van der Waals surface area contributed by atoms with E-state index in [1.54, 1.807) is 12.1 Å². The summed E-state index contributed by atoms with van der Waals surface area (Å²) in [6.07, 6.45) is 0.262. The van der Waals surface area contributed by atoms with Crippen molar-refractivity contribution in [2.75, 3.05) is 6.61 Å². The number of benzene rings is 1. The average Bonchev–Trinajstić information content (AvgIpc) is 2.15. The molecule has 1 aromatic rings. The third-order valence-corrected chi connectivity index (χ3v) is 2.20. The van der Waals surface area contributed by atoms with Crippen LogP contribution < -0.4 is 0 Å². The van der Waals surface area contributed by atoms with Crippen LogP contribution in [-0.2, 0) is 4.79 Å². The van der Waals surface area contributed by atoms with Crippen molar-refractivity contribution in [3.8, 4) is 0 Å². The molecule has 3 heteroatoms. The maximum absolute atomic E-state index is 10.9. The molecule has 2 N–H and O–H groups in total. The summed E-state index contributed by atoms with van der Waals surface area (Å²) >= 11 is 0. The Morgan fingerprint density at radius 3 is 2.36 bits per heavy atom. The van der Waals surface area contributed by atoms with Gasteiger partial charge < -0.3 is 10.2 Å². The van der Waals surface area contributed by atoms with Crippen molar-refractivity contribution < 1.29 is 15.0 Å². The number of aliphatic carboxylic acids is 1. The molecule has 0 spiro atoms. The molecule has 0 aliphatic carbocycles. The Morgan fingerprint density at radius 1 is 1.36 bits per heavy atom. The minimum Gasteiger partial charge on any atom is -0.481 e. The number of hydrogen-bond acceptors (Lipinski definition) is 2. The molecule has 1 unspecified atom stereocenters. The van der Waals surface area contributed by atoms with Gasteiger partial charge in [0, 0.05) is 6.61 Å². The molecule has 1 atom stereocenters. The molecule has 0 fully saturated rings. The number of carboxylic acid groups (broad SMARTS) is 1. The normalized spacial score (nSPS) is 12.4. The van der Waals surface area contributed by atoms with Crippen LogP contribution in [0.1, 0.15) is 23.5 Å². The van der Waals surface area contributed by atoms with E-state index in [1.807, 2.05) is 19.1 Å². The summed E-state index contributed by atoms with van der Waals surface area (Å²) in [5, 5.41) is 17.7. The summed E-state index contributed by atoms with van der Waals surface area (Å²) in [6.45, 7) is 1.84. The highest BCUT2D eigenvalue weighted by Gasteiger charge is 2.18. The summed E-state index contributed by atoms with van der Waals surface area (Å²) in [6, 6.07) is 7.35. The lowest BCUT2D eigenvalue weighted by atomic mass is 9.95. The molecular formula is C11H14O3. The highest BCUT2D eigenvalue weighted by molar-refractivity contribution is 5.76. The number of aliphatic hydroxyl groups excluding tert-OH is 1. The van der Waals surface area contributed by atoms with E-state index in [0.29, 0.717) is 0 Å². The summed E-state index contributed by atoms with van der Waals surface area (Å²) in [7, 11) is 0. The van der Waals surface area contributed by atoms with Crippen LogP contribution in [0, 0.1) is 6.92 Å². The van der Waals surface area contributed by atoms with E-state index in [2.05, 4.69) is 0 Å². The second-order valence-electron chi connectivity index (χ2n) is 3.31. The first-order valence-electron chi connectivity index (χ1n) is 4.55. The van der Waals surface area contributed by atoms with E-state index >= 15 is 0 Å². The zero-order chi connectivity index (χ0) is 10.6. The third-order valence-electron chi connectivity index (χ3n) is 2.20. The van der Waals surface area contributed by atoms with Crippen molar-refractivity contribution >= 4 is 5.97 Å². The molecule has 14 heavy (non-hydrogen) atoms. The van der Waals surface area contributed by atoms with Crippen molar-refractivity contribution in [2.45, 2.75) is 19.3 Å². The lowest BCUT2D eigenvalue weighted by Gasteiger charge is -2.10. The predicted octanol–water partition coefficient (Wildman–Crippen LogP) is 1.55. The van der Waals surface area contributed by atoms with Crippen LogP contribution in [0.4, 0.5) is 0 Å². The van der Waals surface area contributed by atoms with Gasteiger partial charge in [-0.05, 0) is 18.9 Å². The summed E-state index contributed by atoms with van der Waals surface area (Å²) < 4.78 is 0. The van der Waals surface area contributed by atoms with Gasteiger partial charge in [-0.1, -0.05) is 29.8 Å². The molecule has 0 aliphatic heterocycles. The highest BCUT2D eigenvalue weighted by Crippen LogP contribution is 2.19. The van der Waals surface area contributed by atoms with Gasteiger partial charge >= 0.3 is 5.97 Å². The third kappa shape index (κ3) is 2.57. The molecule has 0 saturated carbocycles. The zero-order valence-corrected chi connectivity index (χ0v) is 8.10. The summed E-state index contributed by atoms with van der Waals surface area (Å²) in [4.78, 5) is 10.9. The highest BCUT2D eigenvalue weighted by atomic mass is 16.4. The monoisotopic (exact) mass is 194 g/mol. The quantitative estimate of drug-likeness (QED) is 0.764. The Hall–Kier alpha value is -1.35. The lowest BCUT2D eigenvalue weighted by molar-refractivity contribution is -0.139. The average molecular weight is 194 g/mol. The lowest BCUT2D eigenvalue weighted by Crippen LogP contribution is -2.13. The van der Waals surface area contributed by atoms with E-state index in [-0.39, 0.29) is 13.0 Å². The van der Waals surface area contributed by atoms with Gasteiger partial charge in [-0.3, -0.25) is 4.79 Å². The van der Waals surface area contributed by atoms with Crippen molar-refractivity contribution in [1.29, 1.82) is 0 Å². The van der Waals surface area contributed by atoms with E-state index in [4.69, 9.17) is 10.2 Å². The van der Waals surface area contributed by atoms with Crippen molar-refractivity contribution in [3.63, 3.8) is 0 Å². The molecule has 3 nitrogen and oxygen atoms in total. The maximum atomic E-state index is 10.9. The molecule has 0 bridgehead atoms. The second kappa shape index (κ2) is 4.77. The maximum Gasteiger partial charge on any atom is 0.311 e. The number of carbonyl (C=O) groups is 1. The predicted molar refractivity (Wildman–Crippen MR) is 53.3 cm³/mol. The minimum atomic E-state index is -0.886. The standard InChI is InChI=1S/C11H14O3/c1-8-2-4-9(5-3-8)10(6-7-12)11(13)14/h2-5,10,12H,6-7H2,1H3,(H,13,14). The van der Waals surface area contributed by atoms with E-state index in [0.717, 1.165) is 11.1 Å². The van der Waals surface area contributed by atoms with Crippen molar-refractivity contribution in [2.24, 2.45) is 0 Å². The van der Waals surface area contributed by atoms with Crippen LogP contribution in [0.2, 0.25) is 0 Å². The van der Waals surface area contributed by atoms with E-state index in [1.165, 1.54) is 0 Å². The zero-order valence-electron chi connectivity index (χ0n) is 8.10. The Morgan fingerprint density at radius 2 is 1.93 bits per heavy atom. The smallest absolute Gasteiger partial charge is 0.311 e. The van der Waals surface area contributed by atoms with Gasteiger partial charge in [0.1, 0.15) is 0 Å². The fraction of sp³-hybridized carbons (Fsp3) is 0.364. The van der Waals surface area contributed by atoms with Crippen LogP contribution in [0.15, 0.2) is 24.3 Å².